The molecule has 1 saturated heterocycles. The Hall–Kier alpha value is -4.31. The van der Waals surface area contributed by atoms with Gasteiger partial charge in [0.25, 0.3) is 0 Å². The number of nitrogens with zero attached hydrogens (tertiary/aromatic N) is 1. The number of halogens is 1. The van der Waals surface area contributed by atoms with E-state index in [1.165, 1.54) is 12.1 Å². The molecule has 0 bridgehead atoms. The van der Waals surface area contributed by atoms with E-state index in [4.69, 9.17) is 23.9 Å². The summed E-state index contributed by atoms with van der Waals surface area (Å²) in [6.07, 6.45) is 3.22. The molecule has 0 radical (unpaired) electrons. The average molecular weight is 697 g/mol. The van der Waals surface area contributed by atoms with Gasteiger partial charge in [-0.15, -0.1) is 0 Å². The molecule has 6 rings (SSSR count). The van der Waals surface area contributed by atoms with Crippen LogP contribution in [0.5, 0.6) is 11.5 Å². The number of nitrogens with one attached hydrogen (secondary N) is 1. The highest BCUT2D eigenvalue weighted by Gasteiger charge is 2.34. The first-order valence-electron chi connectivity index (χ1n) is 18.0. The quantitative estimate of drug-likeness (QED) is 0.144. The zero-order valence-corrected chi connectivity index (χ0v) is 30.1. The van der Waals surface area contributed by atoms with Crippen molar-refractivity contribution in [2.24, 2.45) is 5.92 Å². The van der Waals surface area contributed by atoms with Gasteiger partial charge in [-0.2, -0.15) is 0 Å². The van der Waals surface area contributed by atoms with Crippen LogP contribution in [0.4, 0.5) is 4.39 Å². The van der Waals surface area contributed by atoms with Crippen LogP contribution < -0.4 is 14.8 Å². The first-order chi connectivity index (χ1) is 24.6. The number of carbonyl (C=O) groups is 1. The van der Waals surface area contributed by atoms with Gasteiger partial charge >= 0.3 is 5.97 Å². The molecule has 8 nitrogen and oxygen atoms in total. The standard InChI is InChI=1S/C42H49FN2O6/c1-27-37(40(41(46)47)51-42(2,3)4)39(32-11-16-36-31(24-32)6-5-20-50-36)38(35(45-27)26-44-25-29-17-21-48-22-18-29)30-9-14-34(15-10-30)49-23-19-28-7-12-33(43)13-8-28/h7-16,24,29,40,44H,5-6,17-23,25-26H2,1-4H3,(H,46,47)/t40-/m0/s1. The smallest absolute Gasteiger partial charge is 0.337 e. The number of ether oxygens (including phenoxy) is 4. The molecule has 1 aromatic heterocycles. The summed E-state index contributed by atoms with van der Waals surface area (Å²) >= 11 is 0. The van der Waals surface area contributed by atoms with Crippen molar-refractivity contribution in [1.82, 2.24) is 10.3 Å². The maximum Gasteiger partial charge on any atom is 0.337 e. The molecule has 3 aromatic carbocycles. The maximum absolute atomic E-state index is 13.4. The zero-order chi connectivity index (χ0) is 36.0. The summed E-state index contributed by atoms with van der Waals surface area (Å²) in [5.74, 6) is 0.751. The Kier molecular flexibility index (Phi) is 11.7. The first-order valence-corrected chi connectivity index (χ1v) is 18.0. The molecule has 1 fully saturated rings. The third-order valence-corrected chi connectivity index (χ3v) is 9.44. The molecule has 0 spiro atoms. The molecule has 51 heavy (non-hydrogen) atoms. The minimum atomic E-state index is -1.25. The van der Waals surface area contributed by atoms with Crippen LogP contribution in [0, 0.1) is 18.7 Å². The number of rotatable bonds is 13. The van der Waals surface area contributed by atoms with E-state index >= 15 is 0 Å². The first kappa shape index (κ1) is 36.5. The Morgan fingerprint density at radius 1 is 1.00 bits per heavy atom. The molecular weight excluding hydrogens is 647 g/mol. The Labute approximate surface area is 300 Å². The van der Waals surface area contributed by atoms with Gasteiger partial charge in [0.2, 0.25) is 0 Å². The number of hydrogen-bond donors (Lipinski definition) is 2. The summed E-state index contributed by atoms with van der Waals surface area (Å²) in [5, 5.41) is 14.4. The molecule has 2 aliphatic heterocycles. The largest absolute Gasteiger partial charge is 0.493 e. The predicted molar refractivity (Wildman–Crippen MR) is 196 cm³/mol. The third kappa shape index (κ3) is 9.33. The number of aliphatic carboxylic acids is 1. The van der Waals surface area contributed by atoms with E-state index < -0.39 is 17.7 Å². The number of carboxylic acids is 1. The Bertz CT molecular complexity index is 1800. The van der Waals surface area contributed by atoms with E-state index in [1.807, 2.05) is 64.1 Å². The van der Waals surface area contributed by atoms with Gasteiger partial charge in [0, 0.05) is 43.0 Å². The van der Waals surface area contributed by atoms with Crippen molar-refractivity contribution < 1.29 is 33.2 Å². The van der Waals surface area contributed by atoms with Gasteiger partial charge in [-0.05, 0) is 130 Å². The van der Waals surface area contributed by atoms with Gasteiger partial charge < -0.3 is 29.4 Å². The number of hydrogen-bond acceptors (Lipinski definition) is 7. The number of aryl methyl sites for hydroxylation is 2. The highest BCUT2D eigenvalue weighted by atomic mass is 19.1. The molecule has 4 aromatic rings. The molecule has 9 heteroatoms. The van der Waals surface area contributed by atoms with Gasteiger partial charge in [0.15, 0.2) is 6.10 Å². The Morgan fingerprint density at radius 3 is 2.43 bits per heavy atom. The highest BCUT2D eigenvalue weighted by Crippen LogP contribution is 2.44. The Balaban J connectivity index is 1.44. The summed E-state index contributed by atoms with van der Waals surface area (Å²) in [5.41, 5.74) is 6.77. The minimum Gasteiger partial charge on any atom is -0.493 e. The van der Waals surface area contributed by atoms with Crippen molar-refractivity contribution in [2.75, 3.05) is 33.0 Å². The lowest BCUT2D eigenvalue weighted by atomic mass is 9.85. The van der Waals surface area contributed by atoms with E-state index in [2.05, 4.69) is 11.4 Å². The van der Waals surface area contributed by atoms with Crippen LogP contribution in [0.2, 0.25) is 0 Å². The molecule has 2 N–H and O–H groups in total. The summed E-state index contributed by atoms with van der Waals surface area (Å²) in [4.78, 5) is 18.2. The van der Waals surface area contributed by atoms with Gasteiger partial charge in [-0.25, -0.2) is 9.18 Å². The molecule has 0 amide bonds. The maximum atomic E-state index is 13.4. The summed E-state index contributed by atoms with van der Waals surface area (Å²) in [6.45, 7) is 11.5. The second-order valence-corrected chi connectivity index (χ2v) is 14.5. The highest BCUT2D eigenvalue weighted by molar-refractivity contribution is 5.91. The van der Waals surface area contributed by atoms with Crippen LogP contribution in [0.25, 0.3) is 22.3 Å². The summed E-state index contributed by atoms with van der Waals surface area (Å²) in [7, 11) is 0. The average Bonchev–Trinajstić information content (AvgIpc) is 3.11. The monoisotopic (exact) mass is 696 g/mol. The van der Waals surface area contributed by atoms with Crippen LogP contribution in [0.15, 0.2) is 66.7 Å². The lowest BCUT2D eigenvalue weighted by Gasteiger charge is -2.30. The fourth-order valence-electron chi connectivity index (χ4n) is 6.94. The fraction of sp³-hybridized carbons (Fsp3) is 0.429. The number of pyridine rings is 1. The molecule has 2 aliphatic rings. The molecule has 0 unspecified atom stereocenters. The topological polar surface area (TPSA) is 99.1 Å². The lowest BCUT2D eigenvalue weighted by molar-refractivity contribution is -0.160. The fourth-order valence-corrected chi connectivity index (χ4v) is 6.94. The normalized spacial score (nSPS) is 15.5. The number of carboxylic acid groups (broad SMARTS) is 1. The van der Waals surface area contributed by atoms with Crippen molar-refractivity contribution in [3.8, 4) is 33.8 Å². The molecule has 0 aliphatic carbocycles. The number of fused-ring (bicyclic) bond motifs is 1. The van der Waals surface area contributed by atoms with Crippen LogP contribution in [0.3, 0.4) is 0 Å². The molecule has 3 heterocycles. The summed E-state index contributed by atoms with van der Waals surface area (Å²) < 4.78 is 37.3. The molecular formula is C42H49FN2O6. The van der Waals surface area contributed by atoms with Crippen LogP contribution >= 0.6 is 0 Å². The van der Waals surface area contributed by atoms with E-state index in [1.54, 1.807) is 12.1 Å². The van der Waals surface area contributed by atoms with E-state index in [0.29, 0.717) is 49.1 Å². The van der Waals surface area contributed by atoms with Crippen molar-refractivity contribution in [1.29, 1.82) is 0 Å². The van der Waals surface area contributed by atoms with Crippen molar-refractivity contribution >= 4 is 5.97 Å². The third-order valence-electron chi connectivity index (χ3n) is 9.44. The zero-order valence-electron chi connectivity index (χ0n) is 30.1. The number of aromatic nitrogens is 1. The second kappa shape index (κ2) is 16.4. The van der Waals surface area contributed by atoms with Crippen LogP contribution in [-0.4, -0.2) is 54.6 Å². The van der Waals surface area contributed by atoms with Gasteiger partial charge in [0.1, 0.15) is 17.3 Å². The second-order valence-electron chi connectivity index (χ2n) is 14.5. The SMILES string of the molecule is Cc1nc(CNCC2CCOCC2)c(-c2ccc(OCCc3ccc(F)cc3)cc2)c(-c2ccc3c(c2)CCCO3)c1[C@H](OC(C)(C)C)C(=O)O. The van der Waals surface area contributed by atoms with Gasteiger partial charge in [-0.3, -0.25) is 4.98 Å². The predicted octanol–water partition coefficient (Wildman–Crippen LogP) is 8.27. The van der Waals surface area contributed by atoms with Crippen molar-refractivity contribution in [2.45, 2.75) is 78.0 Å². The molecule has 270 valence electrons. The minimum absolute atomic E-state index is 0.259. The molecule has 0 saturated carbocycles. The van der Waals surface area contributed by atoms with Crippen LogP contribution in [-0.2, 0) is 33.7 Å². The lowest BCUT2D eigenvalue weighted by Crippen LogP contribution is -2.30. The van der Waals surface area contributed by atoms with Crippen molar-refractivity contribution in [3.63, 3.8) is 0 Å². The Morgan fingerprint density at radius 2 is 1.73 bits per heavy atom. The summed E-state index contributed by atoms with van der Waals surface area (Å²) in [6, 6.07) is 20.5. The van der Waals surface area contributed by atoms with E-state index in [9.17, 15) is 14.3 Å². The van der Waals surface area contributed by atoms with Gasteiger partial charge in [-0.1, -0.05) is 30.3 Å². The van der Waals surface area contributed by atoms with E-state index in [0.717, 1.165) is 90.3 Å². The van der Waals surface area contributed by atoms with E-state index in [-0.39, 0.29) is 5.82 Å². The van der Waals surface area contributed by atoms with Gasteiger partial charge in [0.05, 0.1) is 24.5 Å². The number of benzene rings is 3. The van der Waals surface area contributed by atoms with Crippen LogP contribution in [0.1, 0.15) is 74.2 Å². The van der Waals surface area contributed by atoms with Crippen molar-refractivity contribution in [3.05, 3.63) is 101 Å². The molecule has 1 atom stereocenters.